The molecule has 0 saturated carbocycles. The Bertz CT molecular complexity index is 441. The molecule has 0 aromatic heterocycles. The molecule has 0 bridgehead atoms. The van der Waals surface area contributed by atoms with Gasteiger partial charge in [-0.1, -0.05) is 37.3 Å². The van der Waals surface area contributed by atoms with Gasteiger partial charge in [-0.2, -0.15) is 9.59 Å². The number of benzene rings is 1. The van der Waals surface area contributed by atoms with Gasteiger partial charge in [-0.15, -0.1) is 0 Å². The lowest BCUT2D eigenvalue weighted by Crippen LogP contribution is -2.27. The smallest absolute Gasteiger partial charge is 0.373 e. The van der Waals surface area contributed by atoms with Crippen LogP contribution >= 0.6 is 0 Å². The number of likely N-dealkylation sites (N-methyl/N-ethyl adjacent to an activating group) is 1. The van der Waals surface area contributed by atoms with Crippen molar-refractivity contribution < 1.29 is 19.1 Å². The second-order valence-corrected chi connectivity index (χ2v) is 4.92. The molecule has 0 fully saturated rings. The Labute approximate surface area is 132 Å². The Morgan fingerprint density at radius 2 is 1.82 bits per heavy atom. The van der Waals surface area contributed by atoms with Gasteiger partial charge in [0.2, 0.25) is 0 Å². The summed E-state index contributed by atoms with van der Waals surface area (Å²) >= 11 is 0. The van der Waals surface area contributed by atoms with Crippen LogP contribution in [0.25, 0.3) is 0 Å². The third-order valence-electron chi connectivity index (χ3n) is 3.30. The van der Waals surface area contributed by atoms with Crippen LogP contribution < -0.4 is 0 Å². The highest BCUT2D eigenvalue weighted by Gasteiger charge is 2.13. The summed E-state index contributed by atoms with van der Waals surface area (Å²) < 4.78 is 4.94. The van der Waals surface area contributed by atoms with E-state index in [-0.39, 0.29) is 12.1 Å². The molecule has 5 nitrogen and oxygen atoms in total. The average Bonchev–Trinajstić information content (AvgIpc) is 2.52. The molecule has 0 aliphatic rings. The zero-order chi connectivity index (χ0) is 16.8. The minimum atomic E-state index is -0.109. The zero-order valence-corrected chi connectivity index (χ0v) is 13.6. The van der Waals surface area contributed by atoms with Crippen molar-refractivity contribution in [3.8, 4) is 0 Å². The summed E-state index contributed by atoms with van der Waals surface area (Å²) in [6.07, 6.45) is 1.82. The Balaban J connectivity index is 0.00000135. The predicted molar refractivity (Wildman–Crippen MR) is 83.2 cm³/mol. The van der Waals surface area contributed by atoms with E-state index in [9.17, 15) is 4.79 Å². The number of nitrogens with zero attached hydrogens (tertiary/aromatic N) is 1. The van der Waals surface area contributed by atoms with Crippen LogP contribution in [0.15, 0.2) is 30.3 Å². The molecule has 1 unspecified atom stereocenters. The molecule has 0 radical (unpaired) electrons. The van der Waals surface area contributed by atoms with Gasteiger partial charge in [-0.3, -0.25) is 4.79 Å². The van der Waals surface area contributed by atoms with Crippen LogP contribution in [0.1, 0.15) is 38.2 Å². The van der Waals surface area contributed by atoms with Crippen LogP contribution in [0.5, 0.6) is 0 Å². The first kappa shape index (κ1) is 20.0. The van der Waals surface area contributed by atoms with Crippen LogP contribution in [0.3, 0.4) is 0 Å². The van der Waals surface area contributed by atoms with Crippen molar-refractivity contribution >= 4 is 12.1 Å². The summed E-state index contributed by atoms with van der Waals surface area (Å²) in [5, 5.41) is 0. The molecule has 0 N–H and O–H groups in total. The molecule has 0 heterocycles. The monoisotopic (exact) mass is 307 g/mol. The van der Waals surface area contributed by atoms with E-state index >= 15 is 0 Å². The molecule has 0 spiro atoms. The van der Waals surface area contributed by atoms with Crippen LogP contribution in [0.4, 0.5) is 0 Å². The van der Waals surface area contributed by atoms with Crippen LogP contribution in [0.2, 0.25) is 0 Å². The molecule has 1 rings (SSSR count). The van der Waals surface area contributed by atoms with Gasteiger partial charge in [-0.25, -0.2) is 0 Å². The van der Waals surface area contributed by atoms with E-state index in [2.05, 4.69) is 43.1 Å². The van der Waals surface area contributed by atoms with E-state index in [1.165, 1.54) is 5.56 Å². The fourth-order valence-corrected chi connectivity index (χ4v) is 2.18. The first-order valence-electron chi connectivity index (χ1n) is 7.47. The van der Waals surface area contributed by atoms with Crippen molar-refractivity contribution in [2.75, 3.05) is 26.7 Å². The number of carbonyl (C=O) groups is 1. The van der Waals surface area contributed by atoms with Gasteiger partial charge in [0, 0.05) is 13.1 Å². The molecule has 0 aliphatic heterocycles. The van der Waals surface area contributed by atoms with Gasteiger partial charge in [-0.05, 0) is 31.9 Å². The Morgan fingerprint density at radius 1 is 1.23 bits per heavy atom. The summed E-state index contributed by atoms with van der Waals surface area (Å²) in [5.74, 6) is 0.413. The van der Waals surface area contributed by atoms with Gasteiger partial charge in [0.05, 0.1) is 13.0 Å². The molecular formula is C17H25NO4. The van der Waals surface area contributed by atoms with Gasteiger partial charge < -0.3 is 9.64 Å². The van der Waals surface area contributed by atoms with Crippen molar-refractivity contribution in [2.24, 2.45) is 0 Å². The maximum absolute atomic E-state index is 11.3. The highest BCUT2D eigenvalue weighted by Crippen LogP contribution is 2.19. The number of hydrogen-bond acceptors (Lipinski definition) is 5. The first-order valence-corrected chi connectivity index (χ1v) is 7.47. The lowest BCUT2D eigenvalue weighted by atomic mass is 9.96. The molecule has 22 heavy (non-hydrogen) atoms. The third-order valence-corrected chi connectivity index (χ3v) is 3.30. The van der Waals surface area contributed by atoms with Gasteiger partial charge in [0.25, 0.3) is 0 Å². The first-order chi connectivity index (χ1) is 10.6. The molecule has 1 aromatic rings. The normalized spacial score (nSPS) is 11.1. The van der Waals surface area contributed by atoms with Crippen molar-refractivity contribution in [3.05, 3.63) is 35.9 Å². The van der Waals surface area contributed by atoms with Crippen LogP contribution in [-0.2, 0) is 19.1 Å². The lowest BCUT2D eigenvalue weighted by Gasteiger charge is -2.23. The average molecular weight is 307 g/mol. The molecule has 5 heteroatoms. The zero-order valence-electron chi connectivity index (χ0n) is 13.6. The molecular weight excluding hydrogens is 282 g/mol. The number of ether oxygens (including phenoxy) is 1. The van der Waals surface area contributed by atoms with E-state index in [0.717, 1.165) is 19.5 Å². The van der Waals surface area contributed by atoms with Crippen molar-refractivity contribution in [1.29, 1.82) is 0 Å². The minimum Gasteiger partial charge on any atom is -0.466 e. The third kappa shape index (κ3) is 9.06. The standard InChI is InChI=1S/C16H25NO2.CO2/c1-4-14(15-9-7-6-8-10-15)13-17(3)12-11-16(18)19-5-2;2-1-3/h6-10,14H,4-5,11-13H2,1-3H3;. The maximum atomic E-state index is 11.3. The molecule has 1 atom stereocenters. The Morgan fingerprint density at radius 3 is 2.32 bits per heavy atom. The SMILES string of the molecule is CCOC(=O)CCN(C)CC(CC)c1ccccc1.O=C=O. The molecule has 0 amide bonds. The molecule has 0 aliphatic carbocycles. The van der Waals surface area contributed by atoms with E-state index in [1.54, 1.807) is 0 Å². The van der Waals surface area contributed by atoms with Crippen LogP contribution in [0, 0.1) is 0 Å². The van der Waals surface area contributed by atoms with Gasteiger partial charge in [0.1, 0.15) is 0 Å². The highest BCUT2D eigenvalue weighted by atomic mass is 16.5. The topological polar surface area (TPSA) is 63.7 Å². The lowest BCUT2D eigenvalue weighted by molar-refractivity contribution is -0.191. The Kier molecular flexibility index (Phi) is 11.6. The summed E-state index contributed by atoms with van der Waals surface area (Å²) in [6, 6.07) is 10.6. The van der Waals surface area contributed by atoms with Crippen molar-refractivity contribution in [1.82, 2.24) is 4.90 Å². The quantitative estimate of drug-likeness (QED) is 0.690. The summed E-state index contributed by atoms with van der Waals surface area (Å²) in [6.45, 7) is 6.23. The second-order valence-electron chi connectivity index (χ2n) is 4.92. The summed E-state index contributed by atoms with van der Waals surface area (Å²) in [4.78, 5) is 29.8. The van der Waals surface area contributed by atoms with Crippen molar-refractivity contribution in [3.63, 3.8) is 0 Å². The fraction of sp³-hybridized carbons (Fsp3) is 0.529. The van der Waals surface area contributed by atoms with Gasteiger partial charge >= 0.3 is 12.1 Å². The minimum absolute atomic E-state index is 0.109. The highest BCUT2D eigenvalue weighted by molar-refractivity contribution is 5.69. The fourth-order valence-electron chi connectivity index (χ4n) is 2.18. The summed E-state index contributed by atoms with van der Waals surface area (Å²) in [7, 11) is 2.06. The van der Waals surface area contributed by atoms with E-state index in [1.807, 2.05) is 13.0 Å². The molecule has 122 valence electrons. The van der Waals surface area contributed by atoms with E-state index < -0.39 is 0 Å². The second kappa shape index (κ2) is 12.7. The Hall–Kier alpha value is -1.97. The summed E-state index contributed by atoms with van der Waals surface area (Å²) in [5.41, 5.74) is 1.37. The van der Waals surface area contributed by atoms with Crippen molar-refractivity contribution in [2.45, 2.75) is 32.6 Å². The number of carbonyl (C=O) groups excluding carboxylic acids is 3. The number of esters is 1. The largest absolute Gasteiger partial charge is 0.466 e. The molecule has 1 aromatic carbocycles. The number of hydrogen-bond donors (Lipinski definition) is 0. The van der Waals surface area contributed by atoms with E-state index in [0.29, 0.717) is 18.9 Å². The molecule has 0 saturated heterocycles. The van der Waals surface area contributed by atoms with E-state index in [4.69, 9.17) is 14.3 Å². The van der Waals surface area contributed by atoms with Gasteiger partial charge in [0.15, 0.2) is 0 Å². The number of rotatable bonds is 8. The van der Waals surface area contributed by atoms with Crippen LogP contribution in [-0.4, -0.2) is 43.8 Å². The predicted octanol–water partition coefficient (Wildman–Crippen LogP) is 2.48. The maximum Gasteiger partial charge on any atom is 0.373 e.